The lowest BCUT2D eigenvalue weighted by Gasteiger charge is -2.39. The molecule has 1 aliphatic heterocycles. The third-order valence-corrected chi connectivity index (χ3v) is 4.68. The van der Waals surface area contributed by atoms with Gasteiger partial charge in [-0.25, -0.2) is 9.99 Å². The molecule has 1 aromatic heterocycles. The van der Waals surface area contributed by atoms with Crippen LogP contribution in [0.25, 0.3) is 0 Å². The number of hydrazine groups is 1. The van der Waals surface area contributed by atoms with Crippen LogP contribution < -0.4 is 0 Å². The van der Waals surface area contributed by atoms with E-state index in [1.807, 2.05) is 14.0 Å². The van der Waals surface area contributed by atoms with Gasteiger partial charge in [0.2, 0.25) is 0 Å². The highest BCUT2D eigenvalue weighted by Crippen LogP contribution is 2.29. The number of halogens is 3. The van der Waals surface area contributed by atoms with Gasteiger partial charge in [-0.05, 0) is 24.6 Å². The van der Waals surface area contributed by atoms with E-state index in [1.54, 1.807) is 28.3 Å². The second-order valence-electron chi connectivity index (χ2n) is 6.92. The molecule has 1 saturated heterocycles. The van der Waals surface area contributed by atoms with Gasteiger partial charge in [-0.2, -0.15) is 18.3 Å². The van der Waals surface area contributed by atoms with Gasteiger partial charge in [-0.1, -0.05) is 12.1 Å². The van der Waals surface area contributed by atoms with Crippen molar-refractivity contribution in [2.75, 3.05) is 33.2 Å². The summed E-state index contributed by atoms with van der Waals surface area (Å²) in [7, 11) is 1.88. The number of benzene rings is 1. The number of alkyl halides is 3. The lowest BCUT2D eigenvalue weighted by molar-refractivity contribution is -0.298. The van der Waals surface area contributed by atoms with Crippen molar-refractivity contribution >= 4 is 0 Å². The van der Waals surface area contributed by atoms with Crippen LogP contribution in [0.1, 0.15) is 18.1 Å². The molecule has 0 N–H and O–H groups in total. The summed E-state index contributed by atoms with van der Waals surface area (Å²) in [5, 5.41) is 7.94. The van der Waals surface area contributed by atoms with Gasteiger partial charge in [0.25, 0.3) is 0 Å². The summed E-state index contributed by atoms with van der Waals surface area (Å²) in [5.74, 6) is 0. The van der Waals surface area contributed by atoms with Crippen LogP contribution in [0.4, 0.5) is 13.2 Å². The Hall–Kier alpha value is -2.01. The number of aromatic nitrogens is 3. The van der Waals surface area contributed by atoms with Crippen molar-refractivity contribution in [3.63, 3.8) is 0 Å². The zero-order valence-electron chi connectivity index (χ0n) is 16.0. The molecule has 1 aromatic carbocycles. The summed E-state index contributed by atoms with van der Waals surface area (Å²) < 4.78 is 39.7. The third kappa shape index (κ3) is 5.74. The molecule has 1 aliphatic rings. The minimum absolute atomic E-state index is 0.0584. The van der Waals surface area contributed by atoms with Gasteiger partial charge < -0.3 is 0 Å². The normalized spacial score (nSPS) is 17.9. The Kier molecular flexibility index (Phi) is 6.65. The van der Waals surface area contributed by atoms with Gasteiger partial charge in [-0.3, -0.25) is 14.4 Å². The van der Waals surface area contributed by atoms with Crippen LogP contribution >= 0.6 is 0 Å². The molecule has 0 bridgehead atoms. The number of hydrogen-bond acceptors (Lipinski definition) is 6. The van der Waals surface area contributed by atoms with Gasteiger partial charge >= 0.3 is 6.18 Å². The number of hydroxylamine groups is 1. The maximum Gasteiger partial charge on any atom is 0.416 e. The molecule has 28 heavy (non-hydrogen) atoms. The molecular weight excluding hydrogens is 373 g/mol. The number of hydrogen-bond donors (Lipinski definition) is 0. The summed E-state index contributed by atoms with van der Waals surface area (Å²) in [6, 6.07) is 5.39. The average Bonchev–Trinajstić information content (AvgIpc) is 3.15. The maximum absolute atomic E-state index is 12.7. The van der Waals surface area contributed by atoms with Crippen LogP contribution in [0, 0.1) is 0 Å². The van der Waals surface area contributed by atoms with Crippen molar-refractivity contribution in [1.82, 2.24) is 29.8 Å². The first kappa shape index (κ1) is 20.7. The molecule has 0 aliphatic carbocycles. The average molecular weight is 398 g/mol. The van der Waals surface area contributed by atoms with E-state index in [9.17, 15) is 13.2 Å². The van der Waals surface area contributed by atoms with Crippen molar-refractivity contribution in [3.05, 3.63) is 48.0 Å². The molecule has 0 spiro atoms. The summed E-state index contributed by atoms with van der Waals surface area (Å²) in [4.78, 5) is 12.0. The van der Waals surface area contributed by atoms with E-state index in [4.69, 9.17) is 4.84 Å². The van der Waals surface area contributed by atoms with Gasteiger partial charge in [0, 0.05) is 39.8 Å². The third-order valence-electron chi connectivity index (χ3n) is 4.68. The fourth-order valence-corrected chi connectivity index (χ4v) is 3.19. The van der Waals surface area contributed by atoms with E-state index in [-0.39, 0.29) is 6.10 Å². The Bertz CT molecular complexity index is 714. The number of rotatable bonds is 7. The lowest BCUT2D eigenvalue weighted by atomic mass is 10.1. The quantitative estimate of drug-likeness (QED) is 0.667. The van der Waals surface area contributed by atoms with Crippen LogP contribution in [0.2, 0.25) is 0 Å². The van der Waals surface area contributed by atoms with Crippen LogP contribution in [0.3, 0.4) is 0 Å². The lowest BCUT2D eigenvalue weighted by Crippen LogP contribution is -2.52. The molecule has 0 radical (unpaired) electrons. The standard InChI is InChI=1S/C18H25F3N6O/c1-15(11-26-14-22-13-23-26)28-24(2)27-9-7-25(8-10-27)12-16-3-5-17(6-4-16)18(19,20)21/h3-6,13-15H,7-12H2,1-2H3. The van der Waals surface area contributed by atoms with Crippen LogP contribution in [-0.2, 0) is 24.1 Å². The minimum atomic E-state index is -4.29. The van der Waals surface area contributed by atoms with Crippen molar-refractivity contribution in [1.29, 1.82) is 0 Å². The Labute approximate surface area is 162 Å². The molecule has 154 valence electrons. The molecule has 3 rings (SSSR count). The topological polar surface area (TPSA) is 49.7 Å². The Morgan fingerprint density at radius 1 is 1.14 bits per heavy atom. The maximum atomic E-state index is 12.7. The molecule has 1 fully saturated rings. The molecule has 2 heterocycles. The molecular formula is C18H25F3N6O. The summed E-state index contributed by atoms with van der Waals surface area (Å²) in [6.45, 7) is 6.41. The molecule has 0 amide bonds. The van der Waals surface area contributed by atoms with Crippen molar-refractivity contribution in [2.24, 2.45) is 0 Å². The smallest absolute Gasteiger partial charge is 0.296 e. The van der Waals surface area contributed by atoms with Crippen molar-refractivity contribution in [3.8, 4) is 0 Å². The van der Waals surface area contributed by atoms with Crippen LogP contribution in [0.5, 0.6) is 0 Å². The summed E-state index contributed by atoms with van der Waals surface area (Å²) in [6.07, 6.45) is -1.21. The predicted octanol–water partition coefficient (Wildman–Crippen LogP) is 2.28. The zero-order valence-corrected chi connectivity index (χ0v) is 16.0. The highest BCUT2D eigenvalue weighted by Gasteiger charge is 2.30. The number of piperazine rings is 1. The molecule has 10 heteroatoms. The van der Waals surface area contributed by atoms with Crippen molar-refractivity contribution < 1.29 is 18.0 Å². The molecule has 7 nitrogen and oxygen atoms in total. The first-order valence-electron chi connectivity index (χ1n) is 9.17. The van der Waals surface area contributed by atoms with E-state index in [0.29, 0.717) is 13.1 Å². The fraction of sp³-hybridized carbons (Fsp3) is 0.556. The van der Waals surface area contributed by atoms with E-state index in [0.717, 1.165) is 43.9 Å². The van der Waals surface area contributed by atoms with E-state index in [2.05, 4.69) is 20.0 Å². The summed E-state index contributed by atoms with van der Waals surface area (Å²) >= 11 is 0. The molecule has 1 unspecified atom stereocenters. The van der Waals surface area contributed by atoms with Gasteiger partial charge in [-0.15, -0.1) is 5.17 Å². The van der Waals surface area contributed by atoms with Gasteiger partial charge in [0.1, 0.15) is 12.7 Å². The monoisotopic (exact) mass is 398 g/mol. The largest absolute Gasteiger partial charge is 0.416 e. The first-order chi connectivity index (χ1) is 13.3. The molecule has 2 aromatic rings. The van der Waals surface area contributed by atoms with E-state index < -0.39 is 11.7 Å². The van der Waals surface area contributed by atoms with Crippen LogP contribution in [0.15, 0.2) is 36.9 Å². The van der Waals surface area contributed by atoms with Gasteiger partial charge in [0.05, 0.1) is 18.2 Å². The van der Waals surface area contributed by atoms with E-state index >= 15 is 0 Å². The molecule has 1 atom stereocenters. The predicted molar refractivity (Wildman–Crippen MR) is 96.6 cm³/mol. The highest BCUT2D eigenvalue weighted by molar-refractivity contribution is 5.24. The Morgan fingerprint density at radius 3 is 2.39 bits per heavy atom. The second-order valence-corrected chi connectivity index (χ2v) is 6.92. The highest BCUT2D eigenvalue weighted by atomic mass is 19.4. The van der Waals surface area contributed by atoms with E-state index in [1.165, 1.54) is 6.33 Å². The Morgan fingerprint density at radius 2 is 1.82 bits per heavy atom. The second kappa shape index (κ2) is 8.99. The Balaban J connectivity index is 1.42. The van der Waals surface area contributed by atoms with Crippen LogP contribution in [-0.4, -0.2) is 69.2 Å². The SMILES string of the molecule is CC(Cn1cncn1)ON(C)N1CCN(Cc2ccc(C(F)(F)F)cc2)CC1. The minimum Gasteiger partial charge on any atom is -0.296 e. The number of nitrogens with zero attached hydrogens (tertiary/aromatic N) is 6. The first-order valence-corrected chi connectivity index (χ1v) is 9.17. The summed E-state index contributed by atoms with van der Waals surface area (Å²) in [5.41, 5.74) is 0.271. The molecule has 0 saturated carbocycles. The van der Waals surface area contributed by atoms with Gasteiger partial charge in [0.15, 0.2) is 0 Å². The van der Waals surface area contributed by atoms with Crippen molar-refractivity contribution in [2.45, 2.75) is 32.3 Å². The zero-order chi connectivity index (χ0) is 20.1. The fourth-order valence-electron chi connectivity index (χ4n) is 3.19.